The second-order valence-electron chi connectivity index (χ2n) is 5.50. The van der Waals surface area contributed by atoms with E-state index in [1.165, 1.54) is 7.11 Å². The zero-order valence-electron chi connectivity index (χ0n) is 14.8. The third kappa shape index (κ3) is 4.30. The van der Waals surface area contributed by atoms with Gasteiger partial charge in [-0.1, -0.05) is 17.3 Å². The summed E-state index contributed by atoms with van der Waals surface area (Å²) < 4.78 is 14.9. The molecule has 0 bridgehead atoms. The lowest BCUT2D eigenvalue weighted by molar-refractivity contribution is -0.115. The van der Waals surface area contributed by atoms with E-state index in [1.807, 2.05) is 0 Å². The summed E-state index contributed by atoms with van der Waals surface area (Å²) in [5.74, 6) is 0.317. The highest BCUT2D eigenvalue weighted by molar-refractivity contribution is 6.01. The summed E-state index contributed by atoms with van der Waals surface area (Å²) in [6, 6.07) is 13.7. The maximum atomic E-state index is 12.3. The largest absolute Gasteiger partial charge is 0.497 e. The van der Waals surface area contributed by atoms with Crippen molar-refractivity contribution >= 4 is 17.6 Å². The quantitative estimate of drug-likeness (QED) is 0.668. The van der Waals surface area contributed by atoms with Gasteiger partial charge in [-0.2, -0.15) is 4.98 Å². The Hall–Kier alpha value is -3.68. The number of amides is 1. The Bertz CT molecular complexity index is 950. The number of carbonyl (C=O) groups excluding carboxylic acids is 2. The lowest BCUT2D eigenvalue weighted by atomic mass is 10.1. The van der Waals surface area contributed by atoms with E-state index in [4.69, 9.17) is 14.0 Å². The lowest BCUT2D eigenvalue weighted by Crippen LogP contribution is -2.17. The van der Waals surface area contributed by atoms with E-state index in [-0.39, 0.29) is 17.9 Å². The van der Waals surface area contributed by atoms with Crippen LogP contribution in [0.15, 0.2) is 53.1 Å². The summed E-state index contributed by atoms with van der Waals surface area (Å²) in [6.45, 7) is 0. The molecule has 0 saturated carbocycles. The van der Waals surface area contributed by atoms with E-state index >= 15 is 0 Å². The summed E-state index contributed by atoms with van der Waals surface area (Å²) in [5.41, 5.74) is 1.35. The van der Waals surface area contributed by atoms with Crippen molar-refractivity contribution in [2.24, 2.45) is 0 Å². The number of aromatic nitrogens is 2. The molecule has 138 valence electrons. The lowest BCUT2D eigenvalue weighted by Gasteiger charge is -2.08. The maximum absolute atomic E-state index is 12.3. The number of nitrogens with zero attached hydrogens (tertiary/aromatic N) is 2. The summed E-state index contributed by atoms with van der Waals surface area (Å²) in [6.07, 6.45) is -0.126. The van der Waals surface area contributed by atoms with Crippen molar-refractivity contribution in [2.75, 3.05) is 19.5 Å². The normalized spacial score (nSPS) is 10.3. The molecule has 0 aliphatic carbocycles. The Morgan fingerprint density at radius 3 is 2.52 bits per heavy atom. The van der Waals surface area contributed by atoms with Crippen LogP contribution >= 0.6 is 0 Å². The first kappa shape index (κ1) is 18.1. The number of rotatable bonds is 6. The minimum Gasteiger partial charge on any atom is -0.497 e. The monoisotopic (exact) mass is 367 g/mol. The molecule has 0 spiro atoms. The topological polar surface area (TPSA) is 104 Å². The minimum absolute atomic E-state index is 0.126. The number of esters is 1. The number of carbonyl (C=O) groups is 2. The molecule has 3 rings (SSSR count). The summed E-state index contributed by atoms with van der Waals surface area (Å²) in [5, 5.41) is 6.53. The SMILES string of the molecule is COC(=O)c1ccccc1NC(=O)Cc1nc(-c2ccc(OC)cc2)no1. The second kappa shape index (κ2) is 8.13. The molecule has 0 unspecified atom stereocenters. The van der Waals surface area contributed by atoms with Crippen LogP contribution in [0.5, 0.6) is 5.75 Å². The molecule has 0 atom stereocenters. The van der Waals surface area contributed by atoms with Crippen LogP contribution in [0, 0.1) is 0 Å². The van der Waals surface area contributed by atoms with Gasteiger partial charge in [-0.05, 0) is 36.4 Å². The van der Waals surface area contributed by atoms with Gasteiger partial charge < -0.3 is 19.3 Å². The zero-order chi connectivity index (χ0) is 19.2. The molecule has 0 aliphatic rings. The highest BCUT2D eigenvalue weighted by Gasteiger charge is 2.16. The molecule has 1 heterocycles. The van der Waals surface area contributed by atoms with Gasteiger partial charge in [-0.25, -0.2) is 4.79 Å². The van der Waals surface area contributed by atoms with Gasteiger partial charge in [0.25, 0.3) is 0 Å². The number of ether oxygens (including phenoxy) is 2. The van der Waals surface area contributed by atoms with Gasteiger partial charge in [0.2, 0.25) is 17.6 Å². The fraction of sp³-hybridized carbons (Fsp3) is 0.158. The first-order chi connectivity index (χ1) is 13.1. The maximum Gasteiger partial charge on any atom is 0.339 e. The standard InChI is InChI=1S/C19H17N3O5/c1-25-13-9-7-12(8-10-13)18-21-17(27-22-18)11-16(23)20-15-6-4-3-5-14(15)19(24)26-2/h3-10H,11H2,1-2H3,(H,20,23). The van der Waals surface area contributed by atoms with Crippen LogP contribution in [-0.2, 0) is 16.0 Å². The summed E-state index contributed by atoms with van der Waals surface area (Å²) in [7, 11) is 2.86. The van der Waals surface area contributed by atoms with Crippen LogP contribution in [0.4, 0.5) is 5.69 Å². The molecule has 2 aromatic carbocycles. The van der Waals surface area contributed by atoms with Gasteiger partial charge in [0.1, 0.15) is 12.2 Å². The van der Waals surface area contributed by atoms with Gasteiger partial charge in [-0.15, -0.1) is 0 Å². The molecule has 1 amide bonds. The minimum atomic E-state index is -0.537. The number of hydrogen-bond donors (Lipinski definition) is 1. The Balaban J connectivity index is 1.69. The Morgan fingerprint density at radius 2 is 1.81 bits per heavy atom. The molecule has 1 aromatic heterocycles. The third-order valence-electron chi connectivity index (χ3n) is 3.73. The van der Waals surface area contributed by atoms with Gasteiger partial charge in [0, 0.05) is 5.56 Å². The first-order valence-electron chi connectivity index (χ1n) is 8.05. The van der Waals surface area contributed by atoms with Crippen LogP contribution in [0.2, 0.25) is 0 Å². The van der Waals surface area contributed by atoms with Gasteiger partial charge >= 0.3 is 5.97 Å². The van der Waals surface area contributed by atoms with Crippen molar-refractivity contribution < 1.29 is 23.6 Å². The average molecular weight is 367 g/mol. The van der Waals surface area contributed by atoms with Crippen molar-refractivity contribution in [3.8, 4) is 17.1 Å². The number of para-hydroxylation sites is 1. The fourth-order valence-electron chi connectivity index (χ4n) is 2.40. The number of anilines is 1. The molecular formula is C19H17N3O5. The molecule has 0 radical (unpaired) electrons. The number of hydrogen-bond acceptors (Lipinski definition) is 7. The molecule has 3 aromatic rings. The zero-order valence-corrected chi connectivity index (χ0v) is 14.8. The van der Waals surface area contributed by atoms with E-state index in [9.17, 15) is 9.59 Å². The van der Waals surface area contributed by atoms with Crippen LogP contribution < -0.4 is 10.1 Å². The van der Waals surface area contributed by atoms with Crippen molar-refractivity contribution in [2.45, 2.75) is 6.42 Å². The molecular weight excluding hydrogens is 350 g/mol. The van der Waals surface area contributed by atoms with Gasteiger partial charge in [0.15, 0.2) is 0 Å². The predicted octanol–water partition coefficient (Wildman–Crippen LogP) is 2.71. The van der Waals surface area contributed by atoms with E-state index in [0.717, 1.165) is 5.56 Å². The number of nitrogens with one attached hydrogen (secondary N) is 1. The van der Waals surface area contributed by atoms with E-state index in [0.29, 0.717) is 17.3 Å². The first-order valence-corrected chi connectivity index (χ1v) is 8.05. The molecule has 27 heavy (non-hydrogen) atoms. The van der Waals surface area contributed by atoms with E-state index < -0.39 is 11.9 Å². The fourth-order valence-corrected chi connectivity index (χ4v) is 2.40. The highest BCUT2D eigenvalue weighted by Crippen LogP contribution is 2.20. The van der Waals surface area contributed by atoms with Crippen LogP contribution in [0.1, 0.15) is 16.2 Å². The average Bonchev–Trinajstić information content (AvgIpc) is 3.16. The Labute approximate surface area is 155 Å². The van der Waals surface area contributed by atoms with E-state index in [2.05, 4.69) is 15.5 Å². The molecule has 0 saturated heterocycles. The molecule has 1 N–H and O–H groups in total. The highest BCUT2D eigenvalue weighted by atomic mass is 16.5. The van der Waals surface area contributed by atoms with Crippen LogP contribution in [0.3, 0.4) is 0 Å². The number of benzene rings is 2. The van der Waals surface area contributed by atoms with Gasteiger partial charge in [-0.3, -0.25) is 4.79 Å². The molecule has 8 heteroatoms. The smallest absolute Gasteiger partial charge is 0.339 e. The molecule has 0 aliphatic heterocycles. The van der Waals surface area contributed by atoms with Crippen molar-refractivity contribution in [1.82, 2.24) is 10.1 Å². The van der Waals surface area contributed by atoms with Crippen molar-refractivity contribution in [1.29, 1.82) is 0 Å². The summed E-state index contributed by atoms with van der Waals surface area (Å²) in [4.78, 5) is 28.2. The molecule has 0 fully saturated rings. The third-order valence-corrected chi connectivity index (χ3v) is 3.73. The van der Waals surface area contributed by atoms with Crippen LogP contribution in [-0.4, -0.2) is 36.2 Å². The van der Waals surface area contributed by atoms with Crippen molar-refractivity contribution in [3.63, 3.8) is 0 Å². The van der Waals surface area contributed by atoms with Crippen LogP contribution in [0.25, 0.3) is 11.4 Å². The Morgan fingerprint density at radius 1 is 1.07 bits per heavy atom. The summed E-state index contributed by atoms with van der Waals surface area (Å²) >= 11 is 0. The van der Waals surface area contributed by atoms with Gasteiger partial charge in [0.05, 0.1) is 25.5 Å². The second-order valence-corrected chi connectivity index (χ2v) is 5.50. The number of methoxy groups -OCH3 is 2. The van der Waals surface area contributed by atoms with E-state index in [1.54, 1.807) is 55.6 Å². The predicted molar refractivity (Wildman–Crippen MR) is 96.4 cm³/mol. The Kier molecular flexibility index (Phi) is 5.46. The van der Waals surface area contributed by atoms with Crippen molar-refractivity contribution in [3.05, 3.63) is 60.0 Å². The molecule has 8 nitrogen and oxygen atoms in total.